The van der Waals surface area contributed by atoms with E-state index in [1.54, 1.807) is 0 Å². The number of anilines is 1. The number of amides is 1. The summed E-state index contributed by atoms with van der Waals surface area (Å²) in [6, 6.07) is 7.87. The summed E-state index contributed by atoms with van der Waals surface area (Å²) >= 11 is 4.60. The van der Waals surface area contributed by atoms with Crippen molar-refractivity contribution < 1.29 is 14.1 Å². The number of methoxy groups -OCH3 is 1. The Kier molecular flexibility index (Phi) is 16.3. The number of hydrogen-bond donors (Lipinski definition) is 0. The molecule has 0 radical (unpaired) electrons. The van der Waals surface area contributed by atoms with Gasteiger partial charge in [-0.25, -0.2) is 14.7 Å². The van der Waals surface area contributed by atoms with E-state index in [2.05, 4.69) is 11.8 Å². The van der Waals surface area contributed by atoms with Crippen molar-refractivity contribution in [3.05, 3.63) is 24.3 Å². The molecule has 2 aromatic rings. The van der Waals surface area contributed by atoms with Crippen LogP contribution in [0.5, 0.6) is 0 Å². The van der Waals surface area contributed by atoms with Crippen molar-refractivity contribution in [2.75, 3.05) is 30.2 Å². The lowest BCUT2D eigenvalue weighted by atomic mass is 10.0. The van der Waals surface area contributed by atoms with Crippen LogP contribution in [-0.4, -0.2) is 55.9 Å². The van der Waals surface area contributed by atoms with Crippen LogP contribution in [0.1, 0.15) is 116 Å². The van der Waals surface area contributed by atoms with Gasteiger partial charge in [0.2, 0.25) is 5.95 Å². The molecule has 0 spiro atoms. The molecule has 9 heteroatoms. The SMILES string of the molecule is CCCCCCCCCCCCCCCCCCN1Cn2c(nc3ccccc32)N(C(=O)OC)C1[S+]([O-])CCCCl. The first-order chi connectivity index (χ1) is 20.1. The zero-order valence-electron chi connectivity index (χ0n) is 25.5. The number of imidazole rings is 1. The second-order valence-electron chi connectivity index (χ2n) is 11.4. The quantitative estimate of drug-likeness (QED) is 0.0804. The molecule has 3 rings (SSSR count). The van der Waals surface area contributed by atoms with Gasteiger partial charge in [-0.15, -0.1) is 11.6 Å². The summed E-state index contributed by atoms with van der Waals surface area (Å²) in [4.78, 5) is 21.4. The van der Waals surface area contributed by atoms with Crippen molar-refractivity contribution in [3.8, 4) is 0 Å². The maximum Gasteiger partial charge on any atom is 0.421 e. The minimum absolute atomic E-state index is 0.428. The van der Waals surface area contributed by atoms with Crippen molar-refractivity contribution in [1.82, 2.24) is 14.5 Å². The molecule has 1 aromatic carbocycles. The van der Waals surface area contributed by atoms with Gasteiger partial charge in [0.1, 0.15) is 5.75 Å². The van der Waals surface area contributed by atoms with Crippen molar-refractivity contribution in [2.24, 2.45) is 0 Å². The third kappa shape index (κ3) is 10.6. The third-order valence-corrected chi connectivity index (χ3v) is 10.0. The molecule has 0 saturated heterocycles. The summed E-state index contributed by atoms with van der Waals surface area (Å²) in [7, 11) is 1.36. The highest BCUT2D eigenvalue weighted by atomic mass is 35.5. The molecule has 232 valence electrons. The van der Waals surface area contributed by atoms with Crippen LogP contribution in [0, 0.1) is 0 Å². The number of alkyl halides is 1. The number of benzene rings is 1. The Balaban J connectivity index is 1.44. The summed E-state index contributed by atoms with van der Waals surface area (Å²) in [5.41, 5.74) is 1.15. The summed E-state index contributed by atoms with van der Waals surface area (Å²) in [5, 5.41) is 0. The number of nitrogens with zero attached hydrogens (tertiary/aromatic N) is 4. The fourth-order valence-electron chi connectivity index (χ4n) is 5.80. The first kappa shape index (κ1) is 34.0. The van der Waals surface area contributed by atoms with Crippen LogP contribution in [0.25, 0.3) is 11.0 Å². The lowest BCUT2D eigenvalue weighted by Crippen LogP contribution is -2.60. The molecular weight excluding hydrogens is 556 g/mol. The number of aromatic nitrogens is 2. The summed E-state index contributed by atoms with van der Waals surface area (Å²) in [5.74, 6) is 1.36. The molecule has 0 aliphatic carbocycles. The van der Waals surface area contributed by atoms with E-state index < -0.39 is 22.8 Å². The zero-order valence-corrected chi connectivity index (χ0v) is 27.1. The van der Waals surface area contributed by atoms with Crippen LogP contribution in [0.4, 0.5) is 10.7 Å². The van der Waals surface area contributed by atoms with E-state index in [0.717, 1.165) is 30.4 Å². The van der Waals surface area contributed by atoms with Gasteiger partial charge in [-0.3, -0.25) is 4.57 Å². The predicted octanol–water partition coefficient (Wildman–Crippen LogP) is 8.80. The highest BCUT2D eigenvalue weighted by molar-refractivity contribution is 7.92. The molecule has 0 N–H and O–H groups in total. The minimum Gasteiger partial charge on any atom is -0.614 e. The molecule has 1 aromatic heterocycles. The molecular formula is C32H53ClN4O3S. The summed E-state index contributed by atoms with van der Waals surface area (Å²) in [6.07, 6.45) is 21.3. The van der Waals surface area contributed by atoms with Gasteiger partial charge >= 0.3 is 6.09 Å². The molecule has 0 bridgehead atoms. The van der Waals surface area contributed by atoms with Crippen LogP contribution in [0.15, 0.2) is 24.3 Å². The average molecular weight is 609 g/mol. The van der Waals surface area contributed by atoms with Crippen molar-refractivity contribution in [2.45, 2.75) is 128 Å². The highest BCUT2D eigenvalue weighted by Gasteiger charge is 2.45. The van der Waals surface area contributed by atoms with Gasteiger partial charge in [0, 0.05) is 18.8 Å². The molecule has 1 aliphatic heterocycles. The Hall–Kier alpha value is -1.48. The summed E-state index contributed by atoms with van der Waals surface area (Å²) < 4.78 is 20.7. The Bertz CT molecular complexity index is 1010. The zero-order chi connectivity index (χ0) is 29.3. The number of para-hydroxylation sites is 2. The maximum absolute atomic E-state index is 13.5. The number of rotatable bonds is 21. The van der Waals surface area contributed by atoms with E-state index in [4.69, 9.17) is 21.3 Å². The maximum atomic E-state index is 13.5. The number of fused-ring (bicyclic) bond motifs is 3. The number of hydrogen-bond acceptors (Lipinski definition) is 5. The normalized spacial score (nSPS) is 16.3. The van der Waals surface area contributed by atoms with E-state index >= 15 is 0 Å². The van der Waals surface area contributed by atoms with Gasteiger partial charge in [0.15, 0.2) is 0 Å². The van der Waals surface area contributed by atoms with E-state index in [1.807, 2.05) is 28.8 Å². The lowest BCUT2D eigenvalue weighted by Gasteiger charge is -2.42. The first-order valence-electron chi connectivity index (χ1n) is 16.1. The number of ether oxygens (including phenoxy) is 1. The Morgan fingerprint density at radius 1 is 0.927 bits per heavy atom. The third-order valence-electron chi connectivity index (χ3n) is 8.09. The molecule has 2 atom stereocenters. The van der Waals surface area contributed by atoms with Gasteiger partial charge in [-0.1, -0.05) is 115 Å². The van der Waals surface area contributed by atoms with Gasteiger partial charge in [0.25, 0.3) is 5.50 Å². The molecule has 2 unspecified atom stereocenters. The molecule has 2 heterocycles. The largest absolute Gasteiger partial charge is 0.614 e. The molecule has 0 saturated carbocycles. The fraction of sp³-hybridized carbons (Fsp3) is 0.750. The minimum atomic E-state index is -1.32. The fourth-order valence-corrected chi connectivity index (χ4v) is 7.65. The highest BCUT2D eigenvalue weighted by Crippen LogP contribution is 2.33. The molecule has 41 heavy (non-hydrogen) atoms. The number of carbonyl (C=O) groups excluding carboxylic acids is 1. The van der Waals surface area contributed by atoms with Crippen LogP contribution < -0.4 is 4.90 Å². The lowest BCUT2D eigenvalue weighted by molar-refractivity contribution is 0.139. The van der Waals surface area contributed by atoms with Crippen LogP contribution >= 0.6 is 11.6 Å². The predicted molar refractivity (Wildman–Crippen MR) is 173 cm³/mol. The monoisotopic (exact) mass is 608 g/mol. The van der Waals surface area contributed by atoms with E-state index in [9.17, 15) is 9.35 Å². The van der Waals surface area contributed by atoms with Gasteiger partial charge < -0.3 is 9.29 Å². The van der Waals surface area contributed by atoms with Crippen LogP contribution in [-0.2, 0) is 22.6 Å². The second-order valence-corrected chi connectivity index (χ2v) is 13.3. The second kappa shape index (κ2) is 19.7. The number of carbonyl (C=O) groups is 1. The van der Waals surface area contributed by atoms with Crippen LogP contribution in [0.3, 0.4) is 0 Å². The van der Waals surface area contributed by atoms with E-state index in [0.29, 0.717) is 30.7 Å². The molecule has 7 nitrogen and oxygen atoms in total. The van der Waals surface area contributed by atoms with Gasteiger partial charge in [-0.2, -0.15) is 4.90 Å². The first-order valence-corrected chi connectivity index (χ1v) is 18.0. The standard InChI is InChI=1S/C32H53ClN4O3S/c1-3-4-5-6-7-8-9-10-11-12-13-14-15-16-17-20-25-35-27-36-29-23-19-18-22-28(29)34-30(36)37(32(38)40-2)31(35)41(39)26-21-24-33/h18-19,22-23,31H,3-17,20-21,24-27H2,1-2H3. The smallest absolute Gasteiger partial charge is 0.421 e. The van der Waals surface area contributed by atoms with E-state index in [-0.39, 0.29) is 0 Å². The van der Waals surface area contributed by atoms with E-state index in [1.165, 1.54) is 102 Å². The Labute approximate surface area is 256 Å². The molecule has 1 amide bonds. The van der Waals surface area contributed by atoms with Gasteiger partial charge in [-0.05, 0) is 29.7 Å². The average Bonchev–Trinajstić information content (AvgIpc) is 3.36. The van der Waals surface area contributed by atoms with Crippen molar-refractivity contribution in [3.63, 3.8) is 0 Å². The number of halogens is 1. The molecule has 0 fully saturated rings. The van der Waals surface area contributed by atoms with Crippen molar-refractivity contribution in [1.29, 1.82) is 0 Å². The molecule has 1 aliphatic rings. The number of unbranched alkanes of at least 4 members (excludes halogenated alkanes) is 15. The van der Waals surface area contributed by atoms with Crippen LogP contribution in [0.2, 0.25) is 0 Å². The summed E-state index contributed by atoms with van der Waals surface area (Å²) in [6.45, 7) is 3.58. The Morgan fingerprint density at radius 2 is 1.49 bits per heavy atom. The van der Waals surface area contributed by atoms with Gasteiger partial charge in [0.05, 0.1) is 24.8 Å². The Morgan fingerprint density at radius 3 is 2.05 bits per heavy atom. The topological polar surface area (TPSA) is 73.7 Å². The van der Waals surface area contributed by atoms with Crippen molar-refractivity contribution >= 4 is 45.9 Å².